The standard InChI is InChI=1S/C14H18O2/c1-9-7-10(2)13(11(3)8-9)12-5-4-6-16-14(12)15/h7-8,12H,4-6H2,1-3H3. The van der Waals surface area contributed by atoms with Crippen molar-refractivity contribution in [2.45, 2.75) is 39.5 Å². The van der Waals surface area contributed by atoms with Crippen LogP contribution in [0.2, 0.25) is 0 Å². The van der Waals surface area contributed by atoms with Crippen molar-refractivity contribution in [2.24, 2.45) is 0 Å². The molecule has 0 bridgehead atoms. The third-order valence-corrected chi connectivity index (χ3v) is 3.25. The second-order valence-electron chi connectivity index (χ2n) is 4.67. The van der Waals surface area contributed by atoms with Crippen molar-refractivity contribution in [1.82, 2.24) is 0 Å². The quantitative estimate of drug-likeness (QED) is 0.677. The molecule has 1 aromatic rings. The van der Waals surface area contributed by atoms with Gasteiger partial charge in [-0.15, -0.1) is 0 Å². The number of hydrogen-bond donors (Lipinski definition) is 0. The van der Waals surface area contributed by atoms with Crippen LogP contribution in [0.15, 0.2) is 12.1 Å². The van der Waals surface area contributed by atoms with E-state index in [0.29, 0.717) is 6.61 Å². The summed E-state index contributed by atoms with van der Waals surface area (Å²) in [7, 11) is 0. The summed E-state index contributed by atoms with van der Waals surface area (Å²) in [4.78, 5) is 11.8. The lowest BCUT2D eigenvalue weighted by atomic mass is 9.86. The first-order valence-corrected chi connectivity index (χ1v) is 5.84. The fourth-order valence-corrected chi connectivity index (χ4v) is 2.68. The van der Waals surface area contributed by atoms with Crippen LogP contribution < -0.4 is 0 Å². The number of carbonyl (C=O) groups excluding carboxylic acids is 1. The van der Waals surface area contributed by atoms with Crippen molar-refractivity contribution >= 4 is 5.97 Å². The lowest BCUT2D eigenvalue weighted by molar-refractivity contribution is -0.149. The van der Waals surface area contributed by atoms with Crippen LogP contribution in [-0.2, 0) is 9.53 Å². The first kappa shape index (κ1) is 11.2. The molecule has 2 heteroatoms. The van der Waals surface area contributed by atoms with Crippen molar-refractivity contribution < 1.29 is 9.53 Å². The SMILES string of the molecule is Cc1cc(C)c(C2CCCOC2=O)c(C)c1. The molecule has 0 aliphatic carbocycles. The van der Waals surface area contributed by atoms with Gasteiger partial charge < -0.3 is 4.74 Å². The van der Waals surface area contributed by atoms with E-state index in [2.05, 4.69) is 32.9 Å². The fourth-order valence-electron chi connectivity index (χ4n) is 2.68. The zero-order chi connectivity index (χ0) is 11.7. The third-order valence-electron chi connectivity index (χ3n) is 3.25. The highest BCUT2D eigenvalue weighted by Gasteiger charge is 2.28. The molecule has 1 aromatic carbocycles. The van der Waals surface area contributed by atoms with Crippen molar-refractivity contribution in [2.75, 3.05) is 6.61 Å². The number of aryl methyl sites for hydroxylation is 3. The monoisotopic (exact) mass is 218 g/mol. The molecular formula is C14H18O2. The predicted octanol–water partition coefficient (Wildman–Crippen LogP) is 3.03. The van der Waals surface area contributed by atoms with Crippen molar-refractivity contribution in [3.05, 3.63) is 34.4 Å². The topological polar surface area (TPSA) is 26.3 Å². The number of rotatable bonds is 1. The summed E-state index contributed by atoms with van der Waals surface area (Å²) in [6, 6.07) is 4.29. The van der Waals surface area contributed by atoms with Crippen LogP contribution in [0.5, 0.6) is 0 Å². The van der Waals surface area contributed by atoms with Gasteiger partial charge in [-0.05, 0) is 50.3 Å². The molecular weight excluding hydrogens is 200 g/mol. The van der Waals surface area contributed by atoms with E-state index < -0.39 is 0 Å². The molecule has 16 heavy (non-hydrogen) atoms. The summed E-state index contributed by atoms with van der Waals surface area (Å²) in [5.74, 6) is -0.101. The van der Waals surface area contributed by atoms with Gasteiger partial charge in [-0.25, -0.2) is 0 Å². The molecule has 1 aliphatic rings. The van der Waals surface area contributed by atoms with Crippen molar-refractivity contribution in [3.63, 3.8) is 0 Å². The first-order valence-electron chi connectivity index (χ1n) is 5.84. The van der Waals surface area contributed by atoms with Crippen molar-refractivity contribution in [1.29, 1.82) is 0 Å². The van der Waals surface area contributed by atoms with Crippen molar-refractivity contribution in [3.8, 4) is 0 Å². The molecule has 1 atom stereocenters. The maximum absolute atomic E-state index is 11.8. The van der Waals surface area contributed by atoms with E-state index >= 15 is 0 Å². The zero-order valence-corrected chi connectivity index (χ0v) is 10.2. The summed E-state index contributed by atoms with van der Waals surface area (Å²) < 4.78 is 5.15. The minimum Gasteiger partial charge on any atom is -0.465 e. The molecule has 1 saturated heterocycles. The highest BCUT2D eigenvalue weighted by molar-refractivity contribution is 5.79. The highest BCUT2D eigenvalue weighted by Crippen LogP contribution is 2.31. The van der Waals surface area contributed by atoms with Gasteiger partial charge in [0.15, 0.2) is 0 Å². The van der Waals surface area contributed by atoms with Gasteiger partial charge in [0.2, 0.25) is 0 Å². The van der Waals surface area contributed by atoms with Gasteiger partial charge in [0.25, 0.3) is 0 Å². The van der Waals surface area contributed by atoms with E-state index in [4.69, 9.17) is 4.74 Å². The van der Waals surface area contributed by atoms with Gasteiger partial charge in [-0.1, -0.05) is 17.7 Å². The second-order valence-corrected chi connectivity index (χ2v) is 4.67. The Balaban J connectivity index is 2.42. The number of esters is 1. The normalized spacial score (nSPS) is 20.7. The average molecular weight is 218 g/mol. The molecule has 0 radical (unpaired) electrons. The Bertz CT molecular complexity index is 398. The zero-order valence-electron chi connectivity index (χ0n) is 10.2. The van der Waals surface area contributed by atoms with Crippen LogP contribution in [0.1, 0.15) is 41.0 Å². The predicted molar refractivity (Wildman–Crippen MR) is 63.6 cm³/mol. The molecule has 1 aliphatic heterocycles. The van der Waals surface area contributed by atoms with Crippen LogP contribution >= 0.6 is 0 Å². The summed E-state index contributed by atoms with van der Waals surface area (Å²) in [5, 5.41) is 0. The van der Waals surface area contributed by atoms with Gasteiger partial charge in [-0.3, -0.25) is 4.79 Å². The molecule has 0 amide bonds. The third kappa shape index (κ3) is 1.97. The first-order chi connectivity index (χ1) is 7.59. The van der Waals surface area contributed by atoms with E-state index in [0.717, 1.165) is 12.8 Å². The van der Waals surface area contributed by atoms with E-state index in [1.54, 1.807) is 0 Å². The lowest BCUT2D eigenvalue weighted by Crippen LogP contribution is -2.23. The maximum atomic E-state index is 11.8. The Kier molecular flexibility index (Phi) is 2.99. The van der Waals surface area contributed by atoms with Gasteiger partial charge in [0.05, 0.1) is 12.5 Å². The molecule has 86 valence electrons. The van der Waals surface area contributed by atoms with Crippen LogP contribution in [0.4, 0.5) is 0 Å². The van der Waals surface area contributed by atoms with E-state index in [1.807, 2.05) is 0 Å². The highest BCUT2D eigenvalue weighted by atomic mass is 16.5. The van der Waals surface area contributed by atoms with E-state index in [9.17, 15) is 4.79 Å². The molecule has 0 N–H and O–H groups in total. The summed E-state index contributed by atoms with van der Waals surface area (Å²) in [5.41, 5.74) is 4.85. The molecule has 0 spiro atoms. The van der Waals surface area contributed by atoms with Gasteiger partial charge in [-0.2, -0.15) is 0 Å². The molecule has 1 fully saturated rings. The number of carbonyl (C=O) groups is 1. The number of cyclic esters (lactones) is 1. The minimum absolute atomic E-state index is 0.0469. The molecule has 0 saturated carbocycles. The average Bonchev–Trinajstić information content (AvgIpc) is 2.19. The summed E-state index contributed by atoms with van der Waals surface area (Å²) in [6.07, 6.45) is 1.90. The second kappa shape index (κ2) is 4.28. The number of hydrogen-bond acceptors (Lipinski definition) is 2. The molecule has 1 heterocycles. The van der Waals surface area contributed by atoms with E-state index in [1.165, 1.54) is 22.3 Å². The van der Waals surface area contributed by atoms with E-state index in [-0.39, 0.29) is 11.9 Å². The Hall–Kier alpha value is -1.31. The van der Waals surface area contributed by atoms with Crippen LogP contribution in [0.25, 0.3) is 0 Å². The molecule has 0 aromatic heterocycles. The van der Waals surface area contributed by atoms with Gasteiger partial charge in [0, 0.05) is 0 Å². The fraction of sp³-hybridized carbons (Fsp3) is 0.500. The smallest absolute Gasteiger partial charge is 0.313 e. The number of ether oxygens (including phenoxy) is 1. The maximum Gasteiger partial charge on any atom is 0.313 e. The van der Waals surface area contributed by atoms with Gasteiger partial charge in [0.1, 0.15) is 0 Å². The Labute approximate surface area is 96.6 Å². The number of benzene rings is 1. The van der Waals surface area contributed by atoms with Crippen LogP contribution in [-0.4, -0.2) is 12.6 Å². The largest absolute Gasteiger partial charge is 0.465 e. The van der Waals surface area contributed by atoms with Crippen LogP contribution in [0, 0.1) is 20.8 Å². The van der Waals surface area contributed by atoms with Crippen LogP contribution in [0.3, 0.4) is 0 Å². The molecule has 1 unspecified atom stereocenters. The Morgan fingerprint density at radius 1 is 1.19 bits per heavy atom. The summed E-state index contributed by atoms with van der Waals surface area (Å²) in [6.45, 7) is 6.83. The Morgan fingerprint density at radius 2 is 1.81 bits per heavy atom. The summed E-state index contributed by atoms with van der Waals surface area (Å²) >= 11 is 0. The van der Waals surface area contributed by atoms with Gasteiger partial charge >= 0.3 is 5.97 Å². The lowest BCUT2D eigenvalue weighted by Gasteiger charge is -2.24. The Morgan fingerprint density at radius 3 is 2.38 bits per heavy atom. The minimum atomic E-state index is -0.0543. The molecule has 2 rings (SSSR count). The molecule has 2 nitrogen and oxygen atoms in total.